The van der Waals surface area contributed by atoms with Gasteiger partial charge in [0.15, 0.2) is 0 Å². The number of hydrogen-bond donors (Lipinski definition) is 0. The molecule has 0 bridgehead atoms. The molecule has 1 aromatic carbocycles. The number of benzene rings is 1. The highest BCUT2D eigenvalue weighted by atomic mass is 35.5. The van der Waals surface area contributed by atoms with Crippen LogP contribution in [0.15, 0.2) is 30.3 Å². The number of hydrogen-bond acceptors (Lipinski definition) is 2. The average molecular weight is 383 g/mol. The van der Waals surface area contributed by atoms with E-state index in [9.17, 15) is 13.6 Å². The van der Waals surface area contributed by atoms with Gasteiger partial charge in [-0.15, -0.1) is 0 Å². The highest BCUT2D eigenvalue weighted by Crippen LogP contribution is 2.41. The number of aromatic nitrogens is 1. The second-order valence-corrected chi connectivity index (χ2v) is 7.41. The van der Waals surface area contributed by atoms with E-state index in [-0.39, 0.29) is 0 Å². The van der Waals surface area contributed by atoms with E-state index in [4.69, 9.17) is 23.2 Å². The molecule has 1 saturated carbocycles. The summed E-state index contributed by atoms with van der Waals surface area (Å²) in [5.41, 5.74) is 2.56. The van der Waals surface area contributed by atoms with E-state index in [0.717, 1.165) is 29.0 Å². The SMILES string of the molecule is O=C(c1cc(Cl)ccc1-c1cc(Cl)nc(C2CC2)c1)N1CC(F)(F)C1. The van der Waals surface area contributed by atoms with Gasteiger partial charge in [0.25, 0.3) is 11.8 Å². The molecule has 0 atom stereocenters. The number of alkyl halides is 2. The third-order valence-electron chi connectivity index (χ3n) is 4.46. The second kappa shape index (κ2) is 5.92. The van der Waals surface area contributed by atoms with Crippen molar-refractivity contribution in [1.29, 1.82) is 0 Å². The number of nitrogens with zero attached hydrogens (tertiary/aromatic N) is 2. The van der Waals surface area contributed by atoms with Crippen LogP contribution in [0.2, 0.25) is 10.2 Å². The largest absolute Gasteiger partial charge is 0.326 e. The fourth-order valence-electron chi connectivity index (χ4n) is 3.03. The molecule has 4 rings (SSSR count). The lowest BCUT2D eigenvalue weighted by atomic mass is 9.97. The normalized spacial score (nSPS) is 18.8. The van der Waals surface area contributed by atoms with Crippen LogP contribution >= 0.6 is 23.2 Å². The molecule has 1 aromatic heterocycles. The molecule has 0 radical (unpaired) electrons. The third kappa shape index (κ3) is 3.35. The van der Waals surface area contributed by atoms with Crippen LogP contribution < -0.4 is 0 Å². The Morgan fingerprint density at radius 2 is 1.88 bits per heavy atom. The van der Waals surface area contributed by atoms with E-state index in [1.54, 1.807) is 18.2 Å². The molecule has 1 amide bonds. The van der Waals surface area contributed by atoms with Crippen LogP contribution in [0, 0.1) is 0 Å². The number of likely N-dealkylation sites (tertiary alicyclic amines) is 1. The maximum atomic E-state index is 13.1. The van der Waals surface area contributed by atoms with Crippen molar-refractivity contribution in [2.75, 3.05) is 13.1 Å². The molecule has 2 aromatic rings. The van der Waals surface area contributed by atoms with Gasteiger partial charge in [0.05, 0.1) is 13.1 Å². The zero-order chi connectivity index (χ0) is 17.8. The van der Waals surface area contributed by atoms with Gasteiger partial charge in [-0.1, -0.05) is 29.3 Å². The highest BCUT2D eigenvalue weighted by molar-refractivity contribution is 6.31. The van der Waals surface area contributed by atoms with Crippen molar-refractivity contribution in [2.24, 2.45) is 0 Å². The quantitative estimate of drug-likeness (QED) is 0.697. The lowest BCUT2D eigenvalue weighted by Crippen LogP contribution is -2.58. The Bertz CT molecular complexity index is 860. The summed E-state index contributed by atoms with van der Waals surface area (Å²) >= 11 is 12.2. The molecule has 1 aliphatic heterocycles. The van der Waals surface area contributed by atoms with Gasteiger partial charge in [0.2, 0.25) is 0 Å². The summed E-state index contributed by atoms with van der Waals surface area (Å²) in [4.78, 5) is 18.1. The number of carbonyl (C=O) groups excluding carboxylic acids is 1. The fourth-order valence-corrected chi connectivity index (χ4v) is 3.42. The summed E-state index contributed by atoms with van der Waals surface area (Å²) in [6, 6.07) is 8.49. The molecule has 0 spiro atoms. The Morgan fingerprint density at radius 3 is 2.52 bits per heavy atom. The van der Waals surface area contributed by atoms with Crippen LogP contribution in [-0.4, -0.2) is 34.8 Å². The number of amides is 1. The maximum absolute atomic E-state index is 13.1. The lowest BCUT2D eigenvalue weighted by molar-refractivity contribution is -0.113. The number of halogens is 4. The predicted octanol–water partition coefficient (Wildman–Crippen LogP) is 5.02. The Morgan fingerprint density at radius 1 is 1.16 bits per heavy atom. The third-order valence-corrected chi connectivity index (χ3v) is 4.89. The van der Waals surface area contributed by atoms with E-state index in [1.807, 2.05) is 6.07 Å². The van der Waals surface area contributed by atoms with Gasteiger partial charge in [-0.25, -0.2) is 13.8 Å². The molecule has 0 unspecified atom stereocenters. The molecule has 1 aliphatic carbocycles. The van der Waals surface area contributed by atoms with Gasteiger partial charge < -0.3 is 4.90 Å². The van der Waals surface area contributed by atoms with Gasteiger partial charge >= 0.3 is 0 Å². The summed E-state index contributed by atoms with van der Waals surface area (Å²) < 4.78 is 26.2. The van der Waals surface area contributed by atoms with Crippen molar-refractivity contribution in [3.8, 4) is 11.1 Å². The molecule has 3 nitrogen and oxygen atoms in total. The minimum Gasteiger partial charge on any atom is -0.326 e. The van der Waals surface area contributed by atoms with Gasteiger partial charge in [-0.2, -0.15) is 0 Å². The Balaban J connectivity index is 1.74. The number of rotatable bonds is 3. The van der Waals surface area contributed by atoms with Crippen LogP contribution in [0.5, 0.6) is 0 Å². The van der Waals surface area contributed by atoms with Crippen molar-refractivity contribution in [3.05, 3.63) is 51.8 Å². The maximum Gasteiger partial charge on any atom is 0.282 e. The minimum absolute atomic E-state index is 0.298. The lowest BCUT2D eigenvalue weighted by Gasteiger charge is -2.39. The Kier molecular flexibility index (Phi) is 3.96. The first kappa shape index (κ1) is 16.7. The smallest absolute Gasteiger partial charge is 0.282 e. The van der Waals surface area contributed by atoms with Crippen LogP contribution in [0.25, 0.3) is 11.1 Å². The highest BCUT2D eigenvalue weighted by Gasteiger charge is 2.46. The molecule has 25 heavy (non-hydrogen) atoms. The Hall–Kier alpha value is -1.72. The average Bonchev–Trinajstić information content (AvgIpc) is 3.36. The standard InChI is InChI=1S/C18H14Cl2F2N2O/c19-12-3-4-13(11-5-15(10-1-2-10)23-16(20)6-11)14(7-12)17(25)24-8-18(21,22)9-24/h3-7,10H,1-2,8-9H2. The van der Waals surface area contributed by atoms with Gasteiger partial charge in [-0.3, -0.25) is 4.79 Å². The second-order valence-electron chi connectivity index (χ2n) is 6.58. The van der Waals surface area contributed by atoms with Crippen molar-refractivity contribution >= 4 is 29.1 Å². The van der Waals surface area contributed by atoms with Crippen molar-refractivity contribution in [2.45, 2.75) is 24.7 Å². The number of pyridine rings is 1. The van der Waals surface area contributed by atoms with E-state index in [1.165, 1.54) is 6.07 Å². The summed E-state index contributed by atoms with van der Waals surface area (Å²) in [6.45, 7) is -1.13. The molecule has 2 aliphatic rings. The summed E-state index contributed by atoms with van der Waals surface area (Å²) in [7, 11) is 0. The van der Waals surface area contributed by atoms with Crippen molar-refractivity contribution < 1.29 is 13.6 Å². The van der Waals surface area contributed by atoms with Crippen LogP contribution in [-0.2, 0) is 0 Å². The van der Waals surface area contributed by atoms with Gasteiger partial charge in [0, 0.05) is 22.2 Å². The predicted molar refractivity (Wildman–Crippen MR) is 92.5 cm³/mol. The van der Waals surface area contributed by atoms with E-state index < -0.39 is 24.9 Å². The van der Waals surface area contributed by atoms with Crippen LogP contribution in [0.3, 0.4) is 0 Å². The summed E-state index contributed by atoms with van der Waals surface area (Å²) in [6.07, 6.45) is 2.14. The number of carbonyl (C=O) groups is 1. The van der Waals surface area contributed by atoms with Gasteiger partial charge in [-0.05, 0) is 48.2 Å². The van der Waals surface area contributed by atoms with Crippen LogP contribution in [0.4, 0.5) is 8.78 Å². The fraction of sp³-hybridized carbons (Fsp3) is 0.333. The monoisotopic (exact) mass is 382 g/mol. The summed E-state index contributed by atoms with van der Waals surface area (Å²) in [5.74, 6) is -2.87. The van der Waals surface area contributed by atoms with Crippen molar-refractivity contribution in [3.63, 3.8) is 0 Å². The first-order valence-corrected chi connectivity index (χ1v) is 8.72. The molecule has 2 heterocycles. The zero-order valence-corrected chi connectivity index (χ0v) is 14.6. The Labute approximate surface area is 153 Å². The molecular weight excluding hydrogens is 369 g/mol. The molecule has 0 N–H and O–H groups in total. The minimum atomic E-state index is -2.81. The first-order valence-electron chi connectivity index (χ1n) is 7.97. The molecule has 7 heteroatoms. The molecule has 2 fully saturated rings. The van der Waals surface area contributed by atoms with Crippen LogP contribution in [0.1, 0.15) is 34.8 Å². The molecule has 1 saturated heterocycles. The molecular formula is C18H14Cl2F2N2O. The summed E-state index contributed by atoms with van der Waals surface area (Å²) in [5, 5.41) is 0.727. The van der Waals surface area contributed by atoms with Gasteiger partial charge in [0.1, 0.15) is 5.15 Å². The zero-order valence-electron chi connectivity index (χ0n) is 13.1. The topological polar surface area (TPSA) is 33.2 Å². The first-order chi connectivity index (χ1) is 11.8. The van der Waals surface area contributed by atoms with E-state index in [0.29, 0.717) is 27.2 Å². The van der Waals surface area contributed by atoms with Crippen molar-refractivity contribution in [1.82, 2.24) is 9.88 Å². The molecule has 130 valence electrons. The van der Waals surface area contributed by atoms with E-state index >= 15 is 0 Å². The van der Waals surface area contributed by atoms with E-state index in [2.05, 4.69) is 4.98 Å².